The van der Waals surface area contributed by atoms with Crippen molar-refractivity contribution in [2.75, 3.05) is 0 Å². The van der Waals surface area contributed by atoms with Crippen molar-refractivity contribution in [1.29, 1.82) is 0 Å². The molecule has 3 nitrogen and oxygen atoms in total. The molecule has 0 fully saturated rings. The molecule has 0 radical (unpaired) electrons. The van der Waals surface area contributed by atoms with Crippen molar-refractivity contribution in [2.24, 2.45) is 0 Å². The maximum atomic E-state index is 5.08. The highest BCUT2D eigenvalue weighted by atomic mass is 15.1. The molecule has 3 heterocycles. The lowest BCUT2D eigenvalue weighted by atomic mass is 9.92. The Morgan fingerprint density at radius 1 is 0.690 bits per heavy atom. The van der Waals surface area contributed by atoms with Crippen molar-refractivity contribution in [3.05, 3.63) is 138 Å². The first kappa shape index (κ1) is 24.5. The van der Waals surface area contributed by atoms with E-state index in [9.17, 15) is 0 Å². The molecule has 200 valence electrons. The second-order valence-corrected chi connectivity index (χ2v) is 11.0. The van der Waals surface area contributed by atoms with Crippen LogP contribution in [0.1, 0.15) is 29.6 Å². The van der Waals surface area contributed by atoms with E-state index in [2.05, 4.69) is 120 Å². The molecule has 7 aromatic rings. The maximum Gasteiger partial charge on any atom is 0.114 e. The second kappa shape index (κ2) is 9.67. The van der Waals surface area contributed by atoms with E-state index in [1.807, 2.05) is 19.1 Å². The molecule has 0 unspecified atom stereocenters. The minimum Gasteiger partial charge on any atom is -0.296 e. The quantitative estimate of drug-likeness (QED) is 0.208. The van der Waals surface area contributed by atoms with Gasteiger partial charge in [-0.3, -0.25) is 4.57 Å². The third-order valence-corrected chi connectivity index (χ3v) is 8.53. The Balaban J connectivity index is 1.30. The lowest BCUT2D eigenvalue weighted by molar-refractivity contribution is 0.789. The van der Waals surface area contributed by atoms with E-state index in [-0.39, 0.29) is 0 Å². The number of aryl methyl sites for hydroxylation is 2. The summed E-state index contributed by atoms with van der Waals surface area (Å²) in [5.74, 6) is 1.14. The lowest BCUT2D eigenvalue weighted by Crippen LogP contribution is -2.12. The number of benzene rings is 5. The third kappa shape index (κ3) is 3.82. The van der Waals surface area contributed by atoms with E-state index in [1.165, 1.54) is 49.8 Å². The van der Waals surface area contributed by atoms with Crippen molar-refractivity contribution in [1.82, 2.24) is 14.5 Å². The molecule has 0 bridgehead atoms. The number of aromatic nitrogens is 3. The van der Waals surface area contributed by atoms with Crippen LogP contribution in [-0.4, -0.2) is 14.5 Å². The summed E-state index contributed by atoms with van der Waals surface area (Å²) in [4.78, 5) is 10.0. The van der Waals surface area contributed by atoms with E-state index in [4.69, 9.17) is 9.97 Å². The molecule has 0 amide bonds. The second-order valence-electron chi connectivity index (χ2n) is 11.0. The van der Waals surface area contributed by atoms with Crippen LogP contribution in [-0.2, 0) is 12.8 Å². The first-order valence-corrected chi connectivity index (χ1v) is 14.5. The average molecular weight is 540 g/mol. The highest BCUT2D eigenvalue weighted by Gasteiger charge is 2.21. The molecule has 1 aliphatic rings. The average Bonchev–Trinajstić information content (AvgIpc) is 3.43. The van der Waals surface area contributed by atoms with Crippen molar-refractivity contribution >= 4 is 44.9 Å². The summed E-state index contributed by atoms with van der Waals surface area (Å²) >= 11 is 0. The molecule has 2 aromatic heterocycles. The molecular formula is C39H29N3. The Labute approximate surface area is 245 Å². The molecule has 0 spiro atoms. The van der Waals surface area contributed by atoms with Crippen LogP contribution in [0.4, 0.5) is 0 Å². The first-order chi connectivity index (χ1) is 20.7. The first-order valence-electron chi connectivity index (χ1n) is 14.5. The summed E-state index contributed by atoms with van der Waals surface area (Å²) < 4.78 is 2.35. The van der Waals surface area contributed by atoms with Gasteiger partial charge in [-0.15, -0.1) is 0 Å². The summed E-state index contributed by atoms with van der Waals surface area (Å²) in [7, 11) is 0. The van der Waals surface area contributed by atoms with Gasteiger partial charge in [0.2, 0.25) is 0 Å². The van der Waals surface area contributed by atoms with E-state index >= 15 is 0 Å². The van der Waals surface area contributed by atoms with Crippen LogP contribution in [0.25, 0.3) is 72.8 Å². The fourth-order valence-electron chi connectivity index (χ4n) is 6.53. The number of fused-ring (bicyclic) bond motifs is 8. The normalized spacial score (nSPS) is 12.7. The summed E-state index contributed by atoms with van der Waals surface area (Å²) in [6.07, 6.45) is 7.95. The zero-order valence-corrected chi connectivity index (χ0v) is 23.5. The van der Waals surface area contributed by atoms with Gasteiger partial charge in [-0.2, -0.15) is 0 Å². The molecule has 0 saturated carbocycles. The molecule has 0 aliphatic carbocycles. The number of hydrogen-bond acceptors (Lipinski definition) is 2. The standard InChI is InChI=1S/C39H29N3/c1-3-10-34-25(4-2)22-33-31-14-6-5-13-30(31)32(24-36(33)40-34)29-12-9-11-27(21-29)28-18-17-26-19-20-39-41-35-15-7-8-16-37(35)42(39)38(26)23-28/h3-18,21-24H,2,19-20H2,1H3/b10-3-. The van der Waals surface area contributed by atoms with Crippen LogP contribution >= 0.6 is 0 Å². The Morgan fingerprint density at radius 2 is 1.50 bits per heavy atom. The Morgan fingerprint density at radius 3 is 2.38 bits per heavy atom. The highest BCUT2D eigenvalue weighted by molar-refractivity contribution is 6.13. The number of pyridine rings is 1. The number of rotatable bonds is 4. The van der Waals surface area contributed by atoms with Gasteiger partial charge < -0.3 is 0 Å². The van der Waals surface area contributed by atoms with Gasteiger partial charge in [0.1, 0.15) is 5.82 Å². The summed E-state index contributed by atoms with van der Waals surface area (Å²) in [6.45, 7) is 6.06. The van der Waals surface area contributed by atoms with Crippen molar-refractivity contribution in [2.45, 2.75) is 19.8 Å². The molecule has 1 aliphatic heterocycles. The van der Waals surface area contributed by atoms with Crippen LogP contribution in [0.15, 0.2) is 116 Å². The molecule has 42 heavy (non-hydrogen) atoms. The van der Waals surface area contributed by atoms with E-state index in [0.29, 0.717) is 0 Å². The van der Waals surface area contributed by atoms with Crippen molar-refractivity contribution < 1.29 is 0 Å². The van der Waals surface area contributed by atoms with Crippen LogP contribution < -0.4 is 0 Å². The van der Waals surface area contributed by atoms with E-state index < -0.39 is 0 Å². The number of nitrogens with zero attached hydrogens (tertiary/aromatic N) is 3. The van der Waals surface area contributed by atoms with Crippen LogP contribution in [0.5, 0.6) is 0 Å². The maximum absolute atomic E-state index is 5.08. The minimum atomic E-state index is 0.940. The van der Waals surface area contributed by atoms with Gasteiger partial charge in [0.25, 0.3) is 0 Å². The van der Waals surface area contributed by atoms with Crippen LogP contribution in [0.3, 0.4) is 0 Å². The predicted molar refractivity (Wildman–Crippen MR) is 177 cm³/mol. The van der Waals surface area contributed by atoms with Gasteiger partial charge in [0.15, 0.2) is 0 Å². The summed E-state index contributed by atoms with van der Waals surface area (Å²) in [5.41, 5.74) is 12.6. The smallest absolute Gasteiger partial charge is 0.114 e. The van der Waals surface area contributed by atoms with E-state index in [1.54, 1.807) is 0 Å². The molecule has 0 N–H and O–H groups in total. The SMILES string of the molecule is C=Cc1cc2c(cc(-c3cccc(-c4ccc5c(c4)-n4c(nc6ccccc64)CC5)c3)c3ccccc32)nc1/C=C\C. The molecule has 0 atom stereocenters. The minimum absolute atomic E-state index is 0.940. The van der Waals surface area contributed by atoms with Gasteiger partial charge in [-0.25, -0.2) is 9.97 Å². The van der Waals surface area contributed by atoms with E-state index in [0.717, 1.165) is 46.3 Å². The molecule has 0 saturated heterocycles. The summed E-state index contributed by atoms with van der Waals surface area (Å²) in [5, 5.41) is 3.57. The van der Waals surface area contributed by atoms with Crippen molar-refractivity contribution in [3.8, 4) is 27.9 Å². The molecule has 3 heteroatoms. The molecular weight excluding hydrogens is 510 g/mol. The predicted octanol–water partition coefficient (Wildman–Crippen LogP) is 9.84. The number of allylic oxidation sites excluding steroid dienone is 1. The number of hydrogen-bond donors (Lipinski definition) is 0. The van der Waals surface area contributed by atoms with Gasteiger partial charge in [0.05, 0.1) is 27.9 Å². The number of para-hydroxylation sites is 2. The Hall–Kier alpha value is -5.28. The van der Waals surface area contributed by atoms with Gasteiger partial charge in [-0.1, -0.05) is 85.5 Å². The van der Waals surface area contributed by atoms with Crippen LogP contribution in [0, 0.1) is 0 Å². The fourth-order valence-corrected chi connectivity index (χ4v) is 6.53. The van der Waals surface area contributed by atoms with Gasteiger partial charge in [-0.05, 0) is 94.4 Å². The van der Waals surface area contributed by atoms with Gasteiger partial charge in [0, 0.05) is 17.4 Å². The zero-order chi connectivity index (χ0) is 28.2. The monoisotopic (exact) mass is 539 g/mol. The largest absolute Gasteiger partial charge is 0.296 e. The van der Waals surface area contributed by atoms with Crippen LogP contribution in [0.2, 0.25) is 0 Å². The highest BCUT2D eigenvalue weighted by Crippen LogP contribution is 2.38. The Kier molecular flexibility index (Phi) is 5.65. The molecule has 8 rings (SSSR count). The third-order valence-electron chi connectivity index (χ3n) is 8.53. The topological polar surface area (TPSA) is 30.7 Å². The summed E-state index contributed by atoms with van der Waals surface area (Å²) in [6, 6.07) is 37.4. The number of imidazole rings is 1. The fraction of sp³-hybridized carbons (Fsp3) is 0.0769. The van der Waals surface area contributed by atoms with Gasteiger partial charge >= 0.3 is 0 Å². The molecule has 5 aromatic carbocycles. The lowest BCUT2D eigenvalue weighted by Gasteiger charge is -2.20. The zero-order valence-electron chi connectivity index (χ0n) is 23.5. The Bertz CT molecular complexity index is 2230. The van der Waals surface area contributed by atoms with Crippen molar-refractivity contribution in [3.63, 3.8) is 0 Å².